The molecule has 0 saturated carbocycles. The summed E-state index contributed by atoms with van der Waals surface area (Å²) in [5.41, 5.74) is 1.97. The second-order valence-electron chi connectivity index (χ2n) is 7.88. The Hall–Kier alpha value is -3.42. The molecule has 33 heavy (non-hydrogen) atoms. The molecular formula is C26H26F2N2O3. The Labute approximate surface area is 191 Å². The van der Waals surface area contributed by atoms with Crippen molar-refractivity contribution in [2.24, 2.45) is 0 Å². The monoisotopic (exact) mass is 452 g/mol. The molecule has 1 amide bonds. The van der Waals surface area contributed by atoms with E-state index in [0.717, 1.165) is 11.6 Å². The number of halogens is 2. The fourth-order valence-corrected chi connectivity index (χ4v) is 3.50. The van der Waals surface area contributed by atoms with E-state index < -0.39 is 29.7 Å². The lowest BCUT2D eigenvalue weighted by molar-refractivity contribution is 0.0830. The maximum absolute atomic E-state index is 13.7. The summed E-state index contributed by atoms with van der Waals surface area (Å²) < 4.78 is 27.4. The molecule has 0 spiro atoms. The van der Waals surface area contributed by atoms with Crippen LogP contribution in [0.5, 0.6) is 0 Å². The fraction of sp³-hybridized carbons (Fsp3) is 0.231. The van der Waals surface area contributed by atoms with E-state index >= 15 is 0 Å². The zero-order chi connectivity index (χ0) is 23.8. The summed E-state index contributed by atoms with van der Waals surface area (Å²) >= 11 is 0. The van der Waals surface area contributed by atoms with Gasteiger partial charge in [-0.3, -0.25) is 9.59 Å². The Balaban J connectivity index is 1.74. The van der Waals surface area contributed by atoms with Gasteiger partial charge in [0.1, 0.15) is 11.6 Å². The second-order valence-corrected chi connectivity index (χ2v) is 7.88. The third kappa shape index (κ3) is 7.30. The maximum Gasteiger partial charge on any atom is 0.251 e. The molecule has 0 aliphatic carbocycles. The van der Waals surface area contributed by atoms with Gasteiger partial charge < -0.3 is 15.7 Å². The van der Waals surface area contributed by atoms with Gasteiger partial charge in [0.25, 0.3) is 5.91 Å². The van der Waals surface area contributed by atoms with Gasteiger partial charge in [-0.25, -0.2) is 8.78 Å². The van der Waals surface area contributed by atoms with E-state index in [1.165, 1.54) is 25.1 Å². The molecule has 7 heteroatoms. The Morgan fingerprint density at radius 1 is 0.879 bits per heavy atom. The van der Waals surface area contributed by atoms with Crippen molar-refractivity contribution >= 4 is 11.7 Å². The molecule has 0 radical (unpaired) electrons. The minimum absolute atomic E-state index is 0.0149. The predicted octanol–water partition coefficient (Wildman–Crippen LogP) is 3.66. The summed E-state index contributed by atoms with van der Waals surface area (Å²) in [6, 6.07) is 18.1. The van der Waals surface area contributed by atoms with Crippen molar-refractivity contribution in [1.82, 2.24) is 10.6 Å². The second kappa shape index (κ2) is 11.4. The van der Waals surface area contributed by atoms with E-state index in [0.29, 0.717) is 17.7 Å². The first-order valence-electron chi connectivity index (χ1n) is 10.6. The molecule has 3 N–H and O–H groups in total. The maximum atomic E-state index is 13.7. The first-order valence-corrected chi connectivity index (χ1v) is 10.6. The number of ketones is 1. The Bertz CT molecular complexity index is 1090. The van der Waals surface area contributed by atoms with Crippen LogP contribution in [0, 0.1) is 11.6 Å². The van der Waals surface area contributed by atoms with Crippen LogP contribution in [0.3, 0.4) is 0 Å². The number of aliphatic hydroxyl groups is 1. The molecule has 3 aromatic rings. The minimum Gasteiger partial charge on any atom is -0.390 e. The van der Waals surface area contributed by atoms with Crippen LogP contribution in [0.2, 0.25) is 0 Å². The van der Waals surface area contributed by atoms with E-state index in [1.54, 1.807) is 18.2 Å². The van der Waals surface area contributed by atoms with Crippen molar-refractivity contribution in [3.05, 3.63) is 107 Å². The van der Waals surface area contributed by atoms with Crippen molar-refractivity contribution in [1.29, 1.82) is 0 Å². The van der Waals surface area contributed by atoms with E-state index in [9.17, 15) is 23.5 Å². The van der Waals surface area contributed by atoms with E-state index in [4.69, 9.17) is 0 Å². The number of rotatable bonds is 10. The van der Waals surface area contributed by atoms with Crippen LogP contribution < -0.4 is 10.6 Å². The summed E-state index contributed by atoms with van der Waals surface area (Å²) in [5, 5.41) is 16.7. The summed E-state index contributed by atoms with van der Waals surface area (Å²) in [4.78, 5) is 24.5. The van der Waals surface area contributed by atoms with Crippen LogP contribution in [0.4, 0.5) is 8.78 Å². The molecule has 0 aliphatic heterocycles. The molecule has 0 heterocycles. The molecule has 0 fully saturated rings. The number of nitrogens with one attached hydrogen (secondary N) is 2. The van der Waals surface area contributed by atoms with Crippen LogP contribution in [0.15, 0.2) is 72.8 Å². The van der Waals surface area contributed by atoms with E-state index in [1.807, 2.05) is 30.3 Å². The molecule has 2 unspecified atom stereocenters. The van der Waals surface area contributed by atoms with Gasteiger partial charge in [-0.15, -0.1) is 0 Å². The summed E-state index contributed by atoms with van der Waals surface area (Å²) in [5.74, 6) is -2.15. The normalized spacial score (nSPS) is 12.7. The number of benzene rings is 3. The number of hydrogen-bond donors (Lipinski definition) is 3. The Kier molecular flexibility index (Phi) is 8.40. The number of aliphatic hydroxyl groups excluding tert-OH is 1. The highest BCUT2D eigenvalue weighted by molar-refractivity contribution is 5.99. The lowest BCUT2D eigenvalue weighted by Crippen LogP contribution is -2.48. The van der Waals surface area contributed by atoms with Crippen molar-refractivity contribution in [3.63, 3.8) is 0 Å². The average Bonchev–Trinajstić information content (AvgIpc) is 2.78. The van der Waals surface area contributed by atoms with Gasteiger partial charge in [0.2, 0.25) is 0 Å². The zero-order valence-electron chi connectivity index (χ0n) is 18.2. The van der Waals surface area contributed by atoms with Crippen molar-refractivity contribution < 1.29 is 23.5 Å². The van der Waals surface area contributed by atoms with E-state index in [2.05, 4.69) is 10.6 Å². The first-order chi connectivity index (χ1) is 15.8. The quantitative estimate of drug-likeness (QED) is 0.410. The van der Waals surface area contributed by atoms with Crippen molar-refractivity contribution in [3.8, 4) is 0 Å². The number of Topliss-reactive ketones (excluding diaryl/α,β-unsaturated/α-hetero) is 1. The van der Waals surface area contributed by atoms with Gasteiger partial charge in [0.15, 0.2) is 5.78 Å². The van der Waals surface area contributed by atoms with Crippen LogP contribution >= 0.6 is 0 Å². The molecule has 172 valence electrons. The summed E-state index contributed by atoms with van der Waals surface area (Å²) in [6.07, 6.45) is -1.03. The predicted molar refractivity (Wildman–Crippen MR) is 122 cm³/mol. The van der Waals surface area contributed by atoms with Crippen molar-refractivity contribution in [2.75, 3.05) is 6.54 Å². The number of carbonyl (C=O) groups excluding carboxylic acids is 2. The molecule has 0 saturated heterocycles. The van der Waals surface area contributed by atoms with Gasteiger partial charge in [0.05, 0.1) is 12.1 Å². The average molecular weight is 453 g/mol. The van der Waals surface area contributed by atoms with Crippen LogP contribution in [-0.2, 0) is 13.0 Å². The van der Waals surface area contributed by atoms with Crippen molar-refractivity contribution in [2.45, 2.75) is 32.0 Å². The molecule has 0 aromatic heterocycles. The lowest BCUT2D eigenvalue weighted by Gasteiger charge is -2.25. The Morgan fingerprint density at radius 3 is 2.21 bits per heavy atom. The van der Waals surface area contributed by atoms with Gasteiger partial charge in [-0.05, 0) is 48.7 Å². The van der Waals surface area contributed by atoms with Crippen LogP contribution in [-0.4, -0.2) is 35.5 Å². The van der Waals surface area contributed by atoms with Gasteiger partial charge >= 0.3 is 0 Å². The van der Waals surface area contributed by atoms with Gasteiger partial charge in [-0.2, -0.15) is 0 Å². The SMILES string of the molecule is CC(=O)c1cccc(C(=O)NC(Cc2cc(F)cc(F)c2)C(O)CNCc2ccccc2)c1. The van der Waals surface area contributed by atoms with Crippen LogP contribution in [0.1, 0.15) is 38.8 Å². The molecule has 2 atom stereocenters. The molecule has 5 nitrogen and oxygen atoms in total. The molecule has 3 rings (SSSR count). The molecule has 3 aromatic carbocycles. The highest BCUT2D eigenvalue weighted by Gasteiger charge is 2.23. The van der Waals surface area contributed by atoms with E-state index in [-0.39, 0.29) is 24.3 Å². The highest BCUT2D eigenvalue weighted by Crippen LogP contribution is 2.13. The largest absolute Gasteiger partial charge is 0.390 e. The lowest BCUT2D eigenvalue weighted by atomic mass is 9.99. The third-order valence-electron chi connectivity index (χ3n) is 5.22. The Morgan fingerprint density at radius 2 is 1.55 bits per heavy atom. The smallest absolute Gasteiger partial charge is 0.251 e. The summed E-state index contributed by atoms with van der Waals surface area (Å²) in [7, 11) is 0. The van der Waals surface area contributed by atoms with Crippen LogP contribution in [0.25, 0.3) is 0 Å². The minimum atomic E-state index is -1.04. The standard InChI is InChI=1S/C26H26F2N2O3/c1-17(31)20-8-5-9-21(13-20)26(33)30-24(12-19-10-22(27)14-23(28)11-19)25(32)16-29-15-18-6-3-2-4-7-18/h2-11,13-14,24-25,29,32H,12,15-16H2,1H3,(H,30,33). The third-order valence-corrected chi connectivity index (χ3v) is 5.22. The van der Waals surface area contributed by atoms with Gasteiger partial charge in [-0.1, -0.05) is 42.5 Å². The van der Waals surface area contributed by atoms with Gasteiger partial charge in [0, 0.05) is 30.3 Å². The molecule has 0 bridgehead atoms. The molecular weight excluding hydrogens is 426 g/mol. The summed E-state index contributed by atoms with van der Waals surface area (Å²) in [6.45, 7) is 2.05. The first kappa shape index (κ1) is 24.2. The number of carbonyl (C=O) groups is 2. The fourth-order valence-electron chi connectivity index (χ4n) is 3.50. The topological polar surface area (TPSA) is 78.4 Å². The highest BCUT2D eigenvalue weighted by atomic mass is 19.1. The number of amides is 1. The number of hydrogen-bond acceptors (Lipinski definition) is 4. The molecule has 0 aliphatic rings. The zero-order valence-corrected chi connectivity index (χ0v) is 18.2.